The van der Waals surface area contributed by atoms with Crippen LogP contribution in [0.3, 0.4) is 0 Å². The van der Waals surface area contributed by atoms with Crippen molar-refractivity contribution in [2.75, 3.05) is 13.1 Å². The van der Waals surface area contributed by atoms with E-state index in [1.807, 2.05) is 6.92 Å². The highest BCUT2D eigenvalue weighted by Crippen LogP contribution is 2.24. The average molecular weight is 244 g/mol. The highest BCUT2D eigenvalue weighted by Gasteiger charge is 2.25. The van der Waals surface area contributed by atoms with Crippen LogP contribution in [-0.2, 0) is 4.79 Å². The summed E-state index contributed by atoms with van der Waals surface area (Å²) >= 11 is 0. The third-order valence-electron chi connectivity index (χ3n) is 2.92. The molecule has 0 aliphatic rings. The van der Waals surface area contributed by atoms with E-state index in [4.69, 9.17) is 5.73 Å². The maximum absolute atomic E-state index is 11.9. The second kappa shape index (κ2) is 6.36. The number of rotatable bonds is 6. The lowest BCUT2D eigenvalue weighted by molar-refractivity contribution is -0.126. The zero-order chi connectivity index (χ0) is 13.7. The molecule has 4 heteroatoms. The van der Waals surface area contributed by atoms with Gasteiger partial charge >= 0.3 is 0 Å². The summed E-state index contributed by atoms with van der Waals surface area (Å²) in [4.78, 5) is 11.9. The van der Waals surface area contributed by atoms with Crippen LogP contribution < -0.4 is 11.1 Å². The van der Waals surface area contributed by atoms with Gasteiger partial charge in [0.05, 0.1) is 11.5 Å². The summed E-state index contributed by atoms with van der Waals surface area (Å²) in [5.74, 6) is -0.237. The Labute approximate surface area is 105 Å². The first kappa shape index (κ1) is 16.4. The number of amides is 1. The first-order valence-corrected chi connectivity index (χ1v) is 6.31. The van der Waals surface area contributed by atoms with Gasteiger partial charge in [0.1, 0.15) is 0 Å². The molecule has 0 aromatic rings. The van der Waals surface area contributed by atoms with E-state index in [0.29, 0.717) is 13.0 Å². The first-order chi connectivity index (χ1) is 7.61. The van der Waals surface area contributed by atoms with Gasteiger partial charge in [0.25, 0.3) is 0 Å². The number of carbonyl (C=O) groups excluding carboxylic acids is 1. The molecule has 0 radical (unpaired) electrons. The van der Waals surface area contributed by atoms with Crippen LogP contribution in [0.15, 0.2) is 0 Å². The summed E-state index contributed by atoms with van der Waals surface area (Å²) in [6.07, 6.45) is 1.36. The van der Waals surface area contributed by atoms with E-state index in [0.717, 1.165) is 6.42 Å². The molecule has 2 atom stereocenters. The smallest absolute Gasteiger partial charge is 0.224 e. The molecule has 102 valence electrons. The minimum atomic E-state index is -0.837. The van der Waals surface area contributed by atoms with Crippen molar-refractivity contribution in [2.24, 2.45) is 17.1 Å². The predicted octanol–water partition coefficient (Wildman–Crippen LogP) is 1.27. The second-order valence-corrected chi connectivity index (χ2v) is 6.27. The summed E-state index contributed by atoms with van der Waals surface area (Å²) in [6.45, 7) is 10.5. The minimum Gasteiger partial charge on any atom is -0.388 e. The van der Waals surface area contributed by atoms with Gasteiger partial charge in [0, 0.05) is 13.1 Å². The Morgan fingerprint density at radius 3 is 2.24 bits per heavy atom. The van der Waals surface area contributed by atoms with Gasteiger partial charge < -0.3 is 16.2 Å². The number of aliphatic hydroxyl groups is 1. The highest BCUT2D eigenvalue weighted by molar-refractivity contribution is 5.79. The molecule has 0 spiro atoms. The molecule has 0 aromatic heterocycles. The molecular formula is C13H28N2O2. The number of carbonyl (C=O) groups is 1. The maximum Gasteiger partial charge on any atom is 0.224 e. The Bertz CT molecular complexity index is 244. The molecule has 0 heterocycles. The molecule has 0 fully saturated rings. The van der Waals surface area contributed by atoms with Crippen LogP contribution in [0.2, 0.25) is 0 Å². The molecule has 0 saturated carbocycles. The van der Waals surface area contributed by atoms with Gasteiger partial charge in [-0.2, -0.15) is 0 Å². The summed E-state index contributed by atoms with van der Waals surface area (Å²) in [6, 6.07) is 0. The quantitative estimate of drug-likeness (QED) is 0.658. The molecular weight excluding hydrogens is 216 g/mol. The summed E-state index contributed by atoms with van der Waals surface area (Å²) in [5.41, 5.74) is 4.87. The lowest BCUT2D eigenvalue weighted by Gasteiger charge is -2.26. The lowest BCUT2D eigenvalue weighted by Crippen LogP contribution is -2.44. The van der Waals surface area contributed by atoms with Crippen LogP contribution in [-0.4, -0.2) is 29.7 Å². The molecule has 0 aromatic carbocycles. The SMILES string of the molecule is CCC(C)(O)CNC(=O)C(CN)CC(C)(C)C. The van der Waals surface area contributed by atoms with E-state index < -0.39 is 5.60 Å². The van der Waals surface area contributed by atoms with Crippen molar-refractivity contribution in [1.82, 2.24) is 5.32 Å². The topological polar surface area (TPSA) is 75.3 Å². The Hall–Kier alpha value is -0.610. The zero-order valence-electron chi connectivity index (χ0n) is 11.8. The Morgan fingerprint density at radius 2 is 1.88 bits per heavy atom. The van der Waals surface area contributed by atoms with Gasteiger partial charge in [-0.15, -0.1) is 0 Å². The molecule has 2 unspecified atom stereocenters. The molecule has 4 N–H and O–H groups in total. The molecule has 0 rings (SSSR count). The zero-order valence-corrected chi connectivity index (χ0v) is 11.8. The van der Waals surface area contributed by atoms with Crippen LogP contribution >= 0.6 is 0 Å². The van der Waals surface area contributed by atoms with Crippen molar-refractivity contribution in [3.05, 3.63) is 0 Å². The van der Waals surface area contributed by atoms with Crippen molar-refractivity contribution in [1.29, 1.82) is 0 Å². The van der Waals surface area contributed by atoms with E-state index >= 15 is 0 Å². The minimum absolute atomic E-state index is 0.0591. The van der Waals surface area contributed by atoms with Gasteiger partial charge in [0.2, 0.25) is 5.91 Å². The maximum atomic E-state index is 11.9. The number of hydrogen-bond donors (Lipinski definition) is 3. The fraction of sp³-hybridized carbons (Fsp3) is 0.923. The van der Waals surface area contributed by atoms with Gasteiger partial charge in [-0.05, 0) is 25.2 Å². The molecule has 0 bridgehead atoms. The van der Waals surface area contributed by atoms with E-state index in [9.17, 15) is 9.90 Å². The van der Waals surface area contributed by atoms with Gasteiger partial charge in [-0.3, -0.25) is 4.79 Å². The van der Waals surface area contributed by atoms with Gasteiger partial charge in [-0.25, -0.2) is 0 Å². The molecule has 17 heavy (non-hydrogen) atoms. The van der Waals surface area contributed by atoms with Crippen molar-refractivity contribution >= 4 is 5.91 Å². The summed E-state index contributed by atoms with van der Waals surface area (Å²) < 4.78 is 0. The summed E-state index contributed by atoms with van der Waals surface area (Å²) in [7, 11) is 0. The monoisotopic (exact) mass is 244 g/mol. The molecule has 0 saturated heterocycles. The largest absolute Gasteiger partial charge is 0.388 e. The van der Waals surface area contributed by atoms with Crippen LogP contribution in [0.25, 0.3) is 0 Å². The fourth-order valence-corrected chi connectivity index (χ4v) is 1.57. The molecule has 0 aliphatic carbocycles. The molecule has 0 aliphatic heterocycles. The van der Waals surface area contributed by atoms with Crippen LogP contribution in [0.5, 0.6) is 0 Å². The van der Waals surface area contributed by atoms with Crippen LogP contribution in [0, 0.1) is 11.3 Å². The van der Waals surface area contributed by atoms with E-state index in [1.54, 1.807) is 6.92 Å². The van der Waals surface area contributed by atoms with Crippen molar-refractivity contribution in [3.8, 4) is 0 Å². The number of hydrogen-bond acceptors (Lipinski definition) is 3. The van der Waals surface area contributed by atoms with Crippen LogP contribution in [0.1, 0.15) is 47.5 Å². The number of nitrogens with two attached hydrogens (primary N) is 1. The first-order valence-electron chi connectivity index (χ1n) is 6.31. The van der Waals surface area contributed by atoms with Gasteiger partial charge in [0.15, 0.2) is 0 Å². The van der Waals surface area contributed by atoms with E-state index in [1.165, 1.54) is 0 Å². The summed E-state index contributed by atoms with van der Waals surface area (Å²) in [5, 5.41) is 12.6. The molecule has 1 amide bonds. The van der Waals surface area contributed by atoms with E-state index in [2.05, 4.69) is 26.1 Å². The fourth-order valence-electron chi connectivity index (χ4n) is 1.57. The van der Waals surface area contributed by atoms with Crippen molar-refractivity contribution in [2.45, 2.75) is 53.1 Å². The van der Waals surface area contributed by atoms with Crippen molar-refractivity contribution in [3.63, 3.8) is 0 Å². The van der Waals surface area contributed by atoms with Crippen LogP contribution in [0.4, 0.5) is 0 Å². The van der Waals surface area contributed by atoms with E-state index in [-0.39, 0.29) is 23.8 Å². The standard InChI is InChI=1S/C13H28N2O2/c1-6-13(5,17)9-15-11(16)10(8-14)7-12(2,3)4/h10,17H,6-9,14H2,1-5H3,(H,15,16). The Balaban J connectivity index is 4.28. The third kappa shape index (κ3) is 7.34. The Morgan fingerprint density at radius 1 is 1.35 bits per heavy atom. The van der Waals surface area contributed by atoms with Crippen molar-refractivity contribution < 1.29 is 9.90 Å². The Kier molecular flexibility index (Phi) is 6.13. The average Bonchev–Trinajstić information content (AvgIpc) is 2.21. The normalized spacial score (nSPS) is 17.4. The highest BCUT2D eigenvalue weighted by atomic mass is 16.3. The number of nitrogens with one attached hydrogen (secondary N) is 1. The second-order valence-electron chi connectivity index (χ2n) is 6.27. The lowest BCUT2D eigenvalue weighted by atomic mass is 9.84. The predicted molar refractivity (Wildman–Crippen MR) is 70.5 cm³/mol. The third-order valence-corrected chi connectivity index (χ3v) is 2.92. The van der Waals surface area contributed by atoms with Gasteiger partial charge in [-0.1, -0.05) is 27.7 Å². The molecule has 4 nitrogen and oxygen atoms in total.